The first-order valence-electron chi connectivity index (χ1n) is 9.56. The molecule has 3 atom stereocenters. The Morgan fingerprint density at radius 3 is 2.68 bits per heavy atom. The summed E-state index contributed by atoms with van der Waals surface area (Å²) in [7, 11) is 0. The number of phenolic OH excluding ortho intramolecular Hbond substituents is 1. The molecule has 3 aromatic rings. The van der Waals surface area contributed by atoms with Crippen LogP contribution in [0, 0.1) is 24.6 Å². The van der Waals surface area contributed by atoms with Gasteiger partial charge >= 0.3 is 0 Å². The molecule has 7 heteroatoms. The van der Waals surface area contributed by atoms with Crippen molar-refractivity contribution in [3.05, 3.63) is 42.0 Å². The van der Waals surface area contributed by atoms with Gasteiger partial charge in [0.1, 0.15) is 5.69 Å². The minimum absolute atomic E-state index is 0.311. The zero-order valence-electron chi connectivity index (χ0n) is 15.5. The van der Waals surface area contributed by atoms with E-state index >= 15 is 0 Å². The quantitative estimate of drug-likeness (QED) is 0.722. The lowest BCUT2D eigenvalue weighted by molar-refractivity contribution is 0.0392. The van der Waals surface area contributed by atoms with Crippen LogP contribution in [0.5, 0.6) is 5.75 Å². The van der Waals surface area contributed by atoms with Gasteiger partial charge in [-0.1, -0.05) is 6.07 Å². The second-order valence-electron chi connectivity index (χ2n) is 7.72. The van der Waals surface area contributed by atoms with Gasteiger partial charge in [-0.05, 0) is 37.5 Å². The van der Waals surface area contributed by atoms with Crippen LogP contribution in [0.3, 0.4) is 0 Å². The van der Waals surface area contributed by atoms with E-state index in [2.05, 4.69) is 20.5 Å². The highest BCUT2D eigenvalue weighted by atomic mass is 19.1. The van der Waals surface area contributed by atoms with Gasteiger partial charge in [0.2, 0.25) is 0 Å². The molecule has 2 aliphatic rings. The smallest absolute Gasteiger partial charge is 0.168 e. The Morgan fingerprint density at radius 1 is 1.11 bits per heavy atom. The van der Waals surface area contributed by atoms with Gasteiger partial charge < -0.3 is 15.2 Å². The van der Waals surface area contributed by atoms with Crippen LogP contribution in [0.2, 0.25) is 0 Å². The molecule has 6 nitrogen and oxygen atoms in total. The Morgan fingerprint density at radius 2 is 1.89 bits per heavy atom. The highest BCUT2D eigenvalue weighted by Gasteiger charge is 2.40. The van der Waals surface area contributed by atoms with E-state index in [-0.39, 0.29) is 0 Å². The van der Waals surface area contributed by atoms with Gasteiger partial charge in [-0.25, -0.2) is 4.39 Å². The van der Waals surface area contributed by atoms with Gasteiger partial charge in [-0.2, -0.15) is 0 Å². The minimum Gasteiger partial charge on any atom is -0.504 e. The predicted octanol–water partition coefficient (Wildman–Crippen LogP) is 3.68. The van der Waals surface area contributed by atoms with Crippen LogP contribution in [-0.4, -0.2) is 39.5 Å². The number of ether oxygens (including phenoxy) is 1. The van der Waals surface area contributed by atoms with E-state index in [4.69, 9.17) is 4.74 Å². The van der Waals surface area contributed by atoms with Crippen LogP contribution in [0.25, 0.3) is 22.0 Å². The maximum atomic E-state index is 14.2. The van der Waals surface area contributed by atoms with Gasteiger partial charge in [-0.15, -0.1) is 10.2 Å². The summed E-state index contributed by atoms with van der Waals surface area (Å²) in [6.45, 7) is 3.16. The van der Waals surface area contributed by atoms with Crippen molar-refractivity contribution in [2.24, 2.45) is 11.8 Å². The molecule has 1 aromatic carbocycles. The van der Waals surface area contributed by atoms with Crippen LogP contribution in [0.15, 0.2) is 30.6 Å². The number of pyridine rings is 1. The molecule has 3 heterocycles. The van der Waals surface area contributed by atoms with Gasteiger partial charge in [-0.3, -0.25) is 4.98 Å². The number of benzene rings is 1. The second kappa shape index (κ2) is 6.67. The zero-order chi connectivity index (χ0) is 19.3. The van der Waals surface area contributed by atoms with E-state index < -0.39 is 11.6 Å². The summed E-state index contributed by atoms with van der Waals surface area (Å²) in [6.07, 6.45) is 5.70. The molecule has 1 aliphatic heterocycles. The topological polar surface area (TPSA) is 80.2 Å². The number of aromatic hydroxyl groups is 1. The number of aromatic nitrogens is 3. The van der Waals surface area contributed by atoms with Crippen LogP contribution in [0.4, 0.5) is 10.2 Å². The molecule has 1 saturated carbocycles. The number of fused-ring (bicyclic) bond motifs is 3. The number of hydrogen-bond donors (Lipinski definition) is 2. The summed E-state index contributed by atoms with van der Waals surface area (Å²) in [5.41, 5.74) is 1.11. The molecule has 1 aliphatic carbocycles. The maximum absolute atomic E-state index is 14.2. The molecule has 28 heavy (non-hydrogen) atoms. The third kappa shape index (κ3) is 2.69. The lowest BCUT2D eigenvalue weighted by atomic mass is 9.96. The maximum Gasteiger partial charge on any atom is 0.168 e. The number of nitrogens with one attached hydrogen (secondary N) is 1. The standard InChI is InChI=1S/C21H21FN4O2/c1-11-2-5-15(20(27)17(11)22)19-16-8-23-7-6-14(16)21(26-25-19)24-18-12-3-4-13(18)10-28-9-12/h2,5-8,12-13,18,27H,3-4,9-10H2,1H3,(H,24,26)/t12-,13+,18?. The van der Waals surface area contributed by atoms with Crippen molar-refractivity contribution in [3.8, 4) is 17.0 Å². The molecule has 144 valence electrons. The monoisotopic (exact) mass is 380 g/mol. The predicted molar refractivity (Wildman–Crippen MR) is 104 cm³/mol. The van der Waals surface area contributed by atoms with E-state index in [1.807, 2.05) is 6.07 Å². The molecular weight excluding hydrogens is 359 g/mol. The van der Waals surface area contributed by atoms with Gasteiger partial charge in [0.15, 0.2) is 17.4 Å². The van der Waals surface area contributed by atoms with Crippen molar-refractivity contribution in [2.45, 2.75) is 25.8 Å². The summed E-state index contributed by atoms with van der Waals surface area (Å²) < 4.78 is 19.9. The molecule has 1 saturated heterocycles. The average molecular weight is 380 g/mol. The summed E-state index contributed by atoms with van der Waals surface area (Å²) in [5.74, 6) is 0.594. The largest absolute Gasteiger partial charge is 0.504 e. The number of aryl methyl sites for hydroxylation is 1. The number of hydrogen-bond acceptors (Lipinski definition) is 6. The summed E-state index contributed by atoms with van der Waals surface area (Å²) in [4.78, 5) is 4.21. The molecule has 1 unspecified atom stereocenters. The highest BCUT2D eigenvalue weighted by Crippen LogP contribution is 2.40. The van der Waals surface area contributed by atoms with Crippen molar-refractivity contribution in [1.29, 1.82) is 0 Å². The normalized spacial score (nSPS) is 23.9. The highest BCUT2D eigenvalue weighted by molar-refractivity contribution is 6.00. The first-order chi connectivity index (χ1) is 13.6. The third-order valence-corrected chi connectivity index (χ3v) is 6.04. The summed E-state index contributed by atoms with van der Waals surface area (Å²) in [5, 5.41) is 24.2. The van der Waals surface area contributed by atoms with Gasteiger partial charge in [0.25, 0.3) is 0 Å². The third-order valence-electron chi connectivity index (χ3n) is 6.04. The molecule has 0 radical (unpaired) electrons. The van der Waals surface area contributed by atoms with E-state index in [9.17, 15) is 9.50 Å². The molecule has 2 aromatic heterocycles. The van der Waals surface area contributed by atoms with Crippen LogP contribution in [-0.2, 0) is 4.74 Å². The average Bonchev–Trinajstić information content (AvgIpc) is 2.93. The van der Waals surface area contributed by atoms with Crippen LogP contribution in [0.1, 0.15) is 18.4 Å². The van der Waals surface area contributed by atoms with Crippen molar-refractivity contribution >= 4 is 16.6 Å². The Hall–Kier alpha value is -2.80. The fourth-order valence-electron chi connectivity index (χ4n) is 4.47. The van der Waals surface area contributed by atoms with E-state index in [1.165, 1.54) is 0 Å². The number of nitrogens with zero attached hydrogens (tertiary/aromatic N) is 3. The van der Waals surface area contributed by atoms with E-state index in [0.717, 1.165) is 36.8 Å². The first-order valence-corrected chi connectivity index (χ1v) is 9.56. The zero-order valence-corrected chi connectivity index (χ0v) is 15.5. The van der Waals surface area contributed by atoms with Crippen molar-refractivity contribution < 1.29 is 14.2 Å². The molecule has 0 amide bonds. The van der Waals surface area contributed by atoms with Gasteiger partial charge in [0, 0.05) is 46.6 Å². The number of phenols is 1. The minimum atomic E-state index is -0.641. The Labute approximate surface area is 161 Å². The Balaban J connectivity index is 1.59. The first kappa shape index (κ1) is 17.3. The molecule has 2 fully saturated rings. The number of rotatable bonds is 3. The van der Waals surface area contributed by atoms with Crippen molar-refractivity contribution in [2.75, 3.05) is 18.5 Å². The fourth-order valence-corrected chi connectivity index (χ4v) is 4.47. The van der Waals surface area contributed by atoms with Crippen molar-refractivity contribution in [1.82, 2.24) is 15.2 Å². The lowest BCUT2D eigenvalue weighted by Gasteiger charge is -2.31. The fraction of sp³-hybridized carbons (Fsp3) is 0.381. The van der Waals surface area contributed by atoms with Crippen LogP contribution >= 0.6 is 0 Å². The molecule has 0 spiro atoms. The molecular formula is C21H21FN4O2. The van der Waals surface area contributed by atoms with E-state index in [0.29, 0.717) is 40.5 Å². The molecule has 5 rings (SSSR count). The number of halogens is 1. The van der Waals surface area contributed by atoms with E-state index in [1.54, 1.807) is 31.5 Å². The Kier molecular flexibility index (Phi) is 4.12. The van der Waals surface area contributed by atoms with Crippen LogP contribution < -0.4 is 5.32 Å². The Bertz CT molecular complexity index is 1040. The summed E-state index contributed by atoms with van der Waals surface area (Å²) in [6, 6.07) is 5.48. The van der Waals surface area contributed by atoms with Gasteiger partial charge in [0.05, 0.1) is 13.2 Å². The molecule has 2 bridgehead atoms. The SMILES string of the molecule is Cc1ccc(-c2nnc(NC3[C@@H]4CC[C@H]3COC4)c3ccncc23)c(O)c1F. The van der Waals surface area contributed by atoms with Crippen molar-refractivity contribution in [3.63, 3.8) is 0 Å². The second-order valence-corrected chi connectivity index (χ2v) is 7.72. The molecule has 2 N–H and O–H groups in total. The number of anilines is 1. The lowest BCUT2D eigenvalue weighted by Crippen LogP contribution is -2.39. The summed E-state index contributed by atoms with van der Waals surface area (Å²) >= 11 is 0.